The van der Waals surface area contributed by atoms with Gasteiger partial charge in [0.05, 0.1) is 19.8 Å². The third-order valence-electron chi connectivity index (χ3n) is 2.54. The van der Waals surface area contributed by atoms with Crippen LogP contribution in [0.5, 0.6) is 0 Å². The molecule has 0 saturated heterocycles. The zero-order chi connectivity index (χ0) is 15.4. The first-order valence-corrected chi connectivity index (χ1v) is 8.91. The van der Waals surface area contributed by atoms with Crippen LogP contribution in [0.3, 0.4) is 0 Å². The summed E-state index contributed by atoms with van der Waals surface area (Å²) in [6.07, 6.45) is 6.30. The summed E-state index contributed by atoms with van der Waals surface area (Å²) in [6.45, 7) is 11.0. The summed E-state index contributed by atoms with van der Waals surface area (Å²) in [5.74, 6) is 0. The van der Waals surface area contributed by atoms with Gasteiger partial charge >= 0.3 is 7.60 Å². The van der Waals surface area contributed by atoms with E-state index in [4.69, 9.17) is 13.8 Å². The molecule has 0 spiro atoms. The summed E-state index contributed by atoms with van der Waals surface area (Å²) in [4.78, 5) is 0. The van der Waals surface area contributed by atoms with Crippen molar-refractivity contribution in [2.24, 2.45) is 0 Å². The van der Waals surface area contributed by atoms with E-state index in [2.05, 4.69) is 26.8 Å². The predicted octanol–water partition coefficient (Wildman–Crippen LogP) is 4.92. The molecule has 0 heterocycles. The number of ether oxygens (including phenoxy) is 1. The highest BCUT2D eigenvalue weighted by atomic mass is 31.2. The van der Waals surface area contributed by atoms with Gasteiger partial charge in [0, 0.05) is 0 Å². The molecule has 0 aliphatic heterocycles. The van der Waals surface area contributed by atoms with Crippen LogP contribution >= 0.6 is 7.60 Å². The van der Waals surface area contributed by atoms with Crippen LogP contribution < -0.4 is 0 Å². The molecule has 4 nitrogen and oxygen atoms in total. The summed E-state index contributed by atoms with van der Waals surface area (Å²) in [5.41, 5.74) is 2.61. The van der Waals surface area contributed by atoms with Crippen molar-refractivity contribution in [1.29, 1.82) is 0 Å². The highest BCUT2D eigenvalue weighted by Gasteiger charge is 2.23. The molecule has 0 bridgehead atoms. The number of allylic oxidation sites excluding steroid dienone is 3. The molecule has 0 aliphatic carbocycles. The van der Waals surface area contributed by atoms with E-state index in [1.54, 1.807) is 13.8 Å². The lowest BCUT2D eigenvalue weighted by Crippen LogP contribution is -2.03. The highest BCUT2D eigenvalue weighted by molar-refractivity contribution is 7.53. The van der Waals surface area contributed by atoms with Crippen molar-refractivity contribution in [2.75, 3.05) is 26.2 Å². The molecule has 0 aromatic rings. The zero-order valence-electron chi connectivity index (χ0n) is 13.5. The number of hydrogen-bond donors (Lipinski definition) is 0. The van der Waals surface area contributed by atoms with E-state index in [1.165, 1.54) is 11.1 Å². The predicted molar refractivity (Wildman–Crippen MR) is 84.1 cm³/mol. The first-order chi connectivity index (χ1) is 9.43. The summed E-state index contributed by atoms with van der Waals surface area (Å²) < 4.78 is 27.8. The fraction of sp³-hybridized carbons (Fsp3) is 0.733. The van der Waals surface area contributed by atoms with Crippen LogP contribution in [0.15, 0.2) is 23.3 Å². The van der Waals surface area contributed by atoms with Crippen molar-refractivity contribution in [2.45, 2.75) is 47.5 Å². The van der Waals surface area contributed by atoms with E-state index < -0.39 is 7.60 Å². The maximum atomic E-state index is 12.1. The van der Waals surface area contributed by atoms with Crippen LogP contribution in [0, 0.1) is 0 Å². The lowest BCUT2D eigenvalue weighted by molar-refractivity contribution is 0.149. The van der Waals surface area contributed by atoms with Crippen molar-refractivity contribution in [3.63, 3.8) is 0 Å². The monoisotopic (exact) mass is 304 g/mol. The Balaban J connectivity index is 4.03. The summed E-state index contributed by atoms with van der Waals surface area (Å²) in [7, 11) is -3.07. The Morgan fingerprint density at radius 3 is 2.15 bits per heavy atom. The minimum atomic E-state index is -3.07. The molecule has 0 saturated carbocycles. The quantitative estimate of drug-likeness (QED) is 0.309. The smallest absolute Gasteiger partial charge is 0.356 e. The van der Waals surface area contributed by atoms with Crippen molar-refractivity contribution < 1.29 is 18.3 Å². The minimum Gasteiger partial charge on any atom is -0.365 e. The SMILES string of the molecule is CCOP(=O)(COC/C=C(\C)CCC=C(C)C)OCC. The summed E-state index contributed by atoms with van der Waals surface area (Å²) in [5, 5.41) is 0. The van der Waals surface area contributed by atoms with Crippen molar-refractivity contribution in [3.8, 4) is 0 Å². The van der Waals surface area contributed by atoms with Gasteiger partial charge in [0.25, 0.3) is 0 Å². The van der Waals surface area contributed by atoms with Gasteiger partial charge in [-0.3, -0.25) is 4.57 Å². The maximum absolute atomic E-state index is 12.1. The molecule has 0 rings (SSSR count). The van der Waals surface area contributed by atoms with Crippen LogP contribution in [-0.4, -0.2) is 26.2 Å². The molecule has 0 aliphatic rings. The summed E-state index contributed by atoms with van der Waals surface area (Å²) >= 11 is 0. The van der Waals surface area contributed by atoms with Crippen LogP contribution in [0.4, 0.5) is 0 Å². The van der Waals surface area contributed by atoms with Crippen LogP contribution in [0.2, 0.25) is 0 Å². The van der Waals surface area contributed by atoms with E-state index in [0.717, 1.165) is 12.8 Å². The number of hydrogen-bond acceptors (Lipinski definition) is 4. The molecule has 20 heavy (non-hydrogen) atoms. The Hall–Kier alpha value is -0.410. The Kier molecular flexibility index (Phi) is 11.0. The van der Waals surface area contributed by atoms with E-state index in [0.29, 0.717) is 19.8 Å². The zero-order valence-corrected chi connectivity index (χ0v) is 14.4. The van der Waals surface area contributed by atoms with Gasteiger partial charge < -0.3 is 13.8 Å². The Morgan fingerprint density at radius 2 is 1.65 bits per heavy atom. The normalized spacial score (nSPS) is 12.6. The molecular weight excluding hydrogens is 275 g/mol. The van der Waals surface area contributed by atoms with E-state index >= 15 is 0 Å². The second-order valence-corrected chi connectivity index (χ2v) is 6.81. The van der Waals surface area contributed by atoms with Crippen LogP contribution in [0.25, 0.3) is 0 Å². The molecular formula is C15H29O4P. The van der Waals surface area contributed by atoms with Gasteiger partial charge in [-0.25, -0.2) is 0 Å². The van der Waals surface area contributed by atoms with Gasteiger partial charge in [-0.05, 0) is 47.5 Å². The molecule has 0 fully saturated rings. The third-order valence-corrected chi connectivity index (χ3v) is 4.34. The van der Waals surface area contributed by atoms with Gasteiger partial charge in [0.15, 0.2) is 0 Å². The second-order valence-electron chi connectivity index (χ2n) is 4.82. The molecule has 5 heteroatoms. The third kappa shape index (κ3) is 10.4. The average molecular weight is 304 g/mol. The largest absolute Gasteiger partial charge is 0.365 e. The fourth-order valence-electron chi connectivity index (χ4n) is 1.56. The molecule has 0 aromatic carbocycles. The van der Waals surface area contributed by atoms with E-state index in [-0.39, 0.29) is 6.35 Å². The summed E-state index contributed by atoms with van der Waals surface area (Å²) in [6, 6.07) is 0. The van der Waals surface area contributed by atoms with Crippen molar-refractivity contribution in [1.82, 2.24) is 0 Å². The minimum absolute atomic E-state index is 0.00638. The Bertz CT molecular complexity index is 347. The average Bonchev–Trinajstić information content (AvgIpc) is 2.35. The first-order valence-electron chi connectivity index (χ1n) is 7.18. The molecule has 0 atom stereocenters. The number of rotatable bonds is 11. The Labute approximate surface area is 123 Å². The van der Waals surface area contributed by atoms with Gasteiger partial charge in [-0.15, -0.1) is 0 Å². The molecule has 0 amide bonds. The maximum Gasteiger partial charge on any atom is 0.356 e. The molecule has 118 valence electrons. The highest BCUT2D eigenvalue weighted by Crippen LogP contribution is 2.47. The first kappa shape index (κ1) is 19.6. The van der Waals surface area contributed by atoms with Gasteiger partial charge in [-0.1, -0.05) is 23.3 Å². The van der Waals surface area contributed by atoms with E-state index in [9.17, 15) is 4.57 Å². The van der Waals surface area contributed by atoms with Crippen molar-refractivity contribution in [3.05, 3.63) is 23.3 Å². The molecule has 0 N–H and O–H groups in total. The topological polar surface area (TPSA) is 44.8 Å². The van der Waals surface area contributed by atoms with Gasteiger partial charge in [0.1, 0.15) is 6.35 Å². The molecule has 0 aromatic heterocycles. The fourth-order valence-corrected chi connectivity index (χ4v) is 2.90. The molecule has 0 radical (unpaired) electrons. The Morgan fingerprint density at radius 1 is 1.05 bits per heavy atom. The lowest BCUT2D eigenvalue weighted by Gasteiger charge is -2.16. The molecule has 0 unspecified atom stereocenters. The van der Waals surface area contributed by atoms with Crippen LogP contribution in [0.1, 0.15) is 47.5 Å². The van der Waals surface area contributed by atoms with Crippen molar-refractivity contribution >= 4 is 7.60 Å². The van der Waals surface area contributed by atoms with Gasteiger partial charge in [0.2, 0.25) is 0 Å². The standard InChI is InChI=1S/C15H29O4P/c1-6-18-20(16,19-7-2)13-17-12-11-15(5)10-8-9-14(3)4/h9,11H,6-8,10,12-13H2,1-5H3/b15-11+. The van der Waals surface area contributed by atoms with Gasteiger partial charge in [-0.2, -0.15) is 0 Å². The van der Waals surface area contributed by atoms with Crippen LogP contribution in [-0.2, 0) is 18.3 Å². The van der Waals surface area contributed by atoms with E-state index in [1.807, 2.05) is 6.08 Å². The second kappa shape index (κ2) is 11.3. The lowest BCUT2D eigenvalue weighted by atomic mass is 10.1.